The molecule has 0 aromatic rings. The van der Waals surface area contributed by atoms with Crippen LogP contribution >= 0.6 is 0 Å². The van der Waals surface area contributed by atoms with Gasteiger partial charge in [-0.25, -0.2) is 0 Å². The van der Waals surface area contributed by atoms with E-state index in [2.05, 4.69) is 5.32 Å². The summed E-state index contributed by atoms with van der Waals surface area (Å²) in [7, 11) is 0. The summed E-state index contributed by atoms with van der Waals surface area (Å²) in [6, 6.07) is -0.446. The van der Waals surface area contributed by atoms with Crippen LogP contribution in [0.15, 0.2) is 0 Å². The predicted molar refractivity (Wildman–Crippen MR) is 74.1 cm³/mol. The van der Waals surface area contributed by atoms with E-state index in [1.807, 2.05) is 20.8 Å². The monoisotopic (exact) mass is 284 g/mol. The molecule has 1 aliphatic rings. The van der Waals surface area contributed by atoms with E-state index in [1.165, 1.54) is 0 Å². The minimum absolute atomic E-state index is 0.00613. The summed E-state index contributed by atoms with van der Waals surface area (Å²) in [5.74, 6) is -1.20. The first-order valence-corrected chi connectivity index (χ1v) is 7.00. The number of nitrogens with one attached hydrogen (secondary N) is 1. The zero-order chi connectivity index (χ0) is 15.3. The van der Waals surface area contributed by atoms with Crippen molar-refractivity contribution in [1.29, 1.82) is 0 Å². The Morgan fingerprint density at radius 3 is 2.50 bits per heavy atom. The largest absolute Gasteiger partial charge is 0.481 e. The highest BCUT2D eigenvalue weighted by Gasteiger charge is 2.35. The highest BCUT2D eigenvalue weighted by molar-refractivity contribution is 5.88. The Morgan fingerprint density at radius 2 is 1.95 bits per heavy atom. The lowest BCUT2D eigenvalue weighted by Gasteiger charge is -2.27. The molecule has 1 aliphatic heterocycles. The van der Waals surface area contributed by atoms with Gasteiger partial charge in [-0.15, -0.1) is 0 Å². The van der Waals surface area contributed by atoms with E-state index in [4.69, 9.17) is 5.11 Å². The van der Waals surface area contributed by atoms with Crippen molar-refractivity contribution in [3.8, 4) is 0 Å². The molecule has 20 heavy (non-hydrogen) atoms. The number of amides is 2. The molecule has 1 fully saturated rings. The molecule has 0 spiro atoms. The van der Waals surface area contributed by atoms with E-state index >= 15 is 0 Å². The summed E-state index contributed by atoms with van der Waals surface area (Å²) in [5, 5.41) is 11.1. The first-order valence-electron chi connectivity index (χ1n) is 7.00. The van der Waals surface area contributed by atoms with Gasteiger partial charge >= 0.3 is 5.97 Å². The van der Waals surface area contributed by atoms with E-state index < -0.39 is 12.0 Å². The summed E-state index contributed by atoms with van der Waals surface area (Å²) in [6.07, 6.45) is 1.77. The van der Waals surface area contributed by atoms with Crippen molar-refractivity contribution in [2.75, 3.05) is 13.1 Å². The predicted octanol–water partition coefficient (Wildman–Crippen LogP) is 1.00. The normalized spacial score (nSPS) is 18.9. The van der Waals surface area contributed by atoms with Crippen LogP contribution in [0, 0.1) is 5.41 Å². The minimum Gasteiger partial charge on any atom is -0.481 e. The molecule has 0 saturated carbocycles. The van der Waals surface area contributed by atoms with Gasteiger partial charge in [0.2, 0.25) is 11.8 Å². The maximum absolute atomic E-state index is 12.2. The Bertz CT molecular complexity index is 387. The molecular weight excluding hydrogens is 260 g/mol. The summed E-state index contributed by atoms with van der Waals surface area (Å²) < 4.78 is 0. The number of carboxylic acid groups (broad SMARTS) is 1. The van der Waals surface area contributed by atoms with E-state index in [1.54, 1.807) is 4.90 Å². The summed E-state index contributed by atoms with van der Waals surface area (Å²) in [4.78, 5) is 36.3. The minimum atomic E-state index is -0.947. The SMILES string of the molecule is CC(C)(C)CC(=O)N1CCCC1C(=O)NCCC(=O)O. The molecule has 1 rings (SSSR count). The molecule has 2 amide bonds. The van der Waals surface area contributed by atoms with Crippen LogP contribution in [-0.4, -0.2) is 46.9 Å². The standard InChI is InChI=1S/C14H24N2O4/c1-14(2,3)9-11(17)16-8-4-5-10(16)13(20)15-7-6-12(18)19/h10H,4-9H2,1-3H3,(H,15,20)(H,18,19). The number of aliphatic carboxylic acids is 1. The molecule has 0 aromatic heterocycles. The zero-order valence-electron chi connectivity index (χ0n) is 12.4. The van der Waals surface area contributed by atoms with Crippen molar-refractivity contribution < 1.29 is 19.5 Å². The fraction of sp³-hybridized carbons (Fsp3) is 0.786. The molecule has 1 unspecified atom stereocenters. The van der Waals surface area contributed by atoms with Gasteiger partial charge in [-0.2, -0.15) is 0 Å². The lowest BCUT2D eigenvalue weighted by Crippen LogP contribution is -2.47. The number of rotatable bonds is 5. The van der Waals surface area contributed by atoms with Crippen LogP contribution < -0.4 is 5.32 Å². The highest BCUT2D eigenvalue weighted by atomic mass is 16.4. The number of carbonyl (C=O) groups is 3. The van der Waals surface area contributed by atoms with E-state index in [0.717, 1.165) is 6.42 Å². The number of nitrogens with zero attached hydrogens (tertiary/aromatic N) is 1. The van der Waals surface area contributed by atoms with Crippen molar-refractivity contribution >= 4 is 17.8 Å². The number of hydrogen-bond donors (Lipinski definition) is 2. The third-order valence-electron chi connectivity index (χ3n) is 3.20. The van der Waals surface area contributed by atoms with Gasteiger partial charge < -0.3 is 15.3 Å². The topological polar surface area (TPSA) is 86.7 Å². The maximum atomic E-state index is 12.2. The van der Waals surface area contributed by atoms with Crippen molar-refractivity contribution in [2.24, 2.45) is 5.41 Å². The van der Waals surface area contributed by atoms with Gasteiger partial charge in [0, 0.05) is 19.5 Å². The van der Waals surface area contributed by atoms with E-state index in [9.17, 15) is 14.4 Å². The first-order chi connectivity index (χ1) is 9.20. The van der Waals surface area contributed by atoms with Crippen LogP contribution in [0.1, 0.15) is 46.5 Å². The third kappa shape index (κ3) is 5.19. The molecule has 6 nitrogen and oxygen atoms in total. The van der Waals surface area contributed by atoms with Gasteiger partial charge in [-0.05, 0) is 18.3 Å². The van der Waals surface area contributed by atoms with E-state index in [0.29, 0.717) is 19.4 Å². The molecule has 6 heteroatoms. The zero-order valence-corrected chi connectivity index (χ0v) is 12.4. The van der Waals surface area contributed by atoms with E-state index in [-0.39, 0.29) is 30.2 Å². The molecule has 2 N–H and O–H groups in total. The van der Waals surface area contributed by atoms with Gasteiger partial charge in [0.1, 0.15) is 6.04 Å². The first kappa shape index (κ1) is 16.5. The maximum Gasteiger partial charge on any atom is 0.305 e. The van der Waals surface area contributed by atoms with Crippen molar-refractivity contribution in [1.82, 2.24) is 10.2 Å². The highest BCUT2D eigenvalue weighted by Crippen LogP contribution is 2.24. The van der Waals surface area contributed by atoms with Crippen LogP contribution in [0.5, 0.6) is 0 Å². The molecule has 0 aromatic carbocycles. The fourth-order valence-electron chi connectivity index (χ4n) is 2.30. The van der Waals surface area contributed by atoms with Crippen molar-refractivity contribution in [2.45, 2.75) is 52.5 Å². The number of likely N-dealkylation sites (tertiary alicyclic amines) is 1. The Labute approximate surface area is 119 Å². The Balaban J connectivity index is 2.53. The molecule has 1 saturated heterocycles. The van der Waals surface area contributed by atoms with Gasteiger partial charge in [0.15, 0.2) is 0 Å². The Kier molecular flexibility index (Phi) is 5.53. The number of carbonyl (C=O) groups excluding carboxylic acids is 2. The average Bonchev–Trinajstić information content (AvgIpc) is 2.74. The van der Waals surface area contributed by atoms with Crippen LogP contribution in [0.4, 0.5) is 0 Å². The number of carboxylic acids is 1. The molecular formula is C14H24N2O4. The smallest absolute Gasteiger partial charge is 0.305 e. The molecule has 0 bridgehead atoms. The van der Waals surface area contributed by atoms with Gasteiger partial charge in [0.25, 0.3) is 0 Å². The van der Waals surface area contributed by atoms with Crippen LogP contribution in [-0.2, 0) is 14.4 Å². The van der Waals surface area contributed by atoms with Crippen LogP contribution in [0.3, 0.4) is 0 Å². The van der Waals surface area contributed by atoms with Crippen molar-refractivity contribution in [3.05, 3.63) is 0 Å². The lowest BCUT2D eigenvalue weighted by molar-refractivity contribution is -0.140. The Morgan fingerprint density at radius 1 is 1.30 bits per heavy atom. The van der Waals surface area contributed by atoms with Crippen LogP contribution in [0.2, 0.25) is 0 Å². The fourth-order valence-corrected chi connectivity index (χ4v) is 2.30. The lowest BCUT2D eigenvalue weighted by atomic mass is 9.91. The number of hydrogen-bond acceptors (Lipinski definition) is 3. The van der Waals surface area contributed by atoms with Gasteiger partial charge in [-0.1, -0.05) is 20.8 Å². The molecule has 0 radical (unpaired) electrons. The summed E-state index contributed by atoms with van der Waals surface area (Å²) in [6.45, 7) is 6.67. The van der Waals surface area contributed by atoms with Crippen LogP contribution in [0.25, 0.3) is 0 Å². The second-order valence-electron chi connectivity index (χ2n) is 6.42. The molecule has 114 valence electrons. The van der Waals surface area contributed by atoms with Gasteiger partial charge in [0.05, 0.1) is 6.42 Å². The van der Waals surface area contributed by atoms with Gasteiger partial charge in [-0.3, -0.25) is 14.4 Å². The molecule has 1 atom stereocenters. The third-order valence-corrected chi connectivity index (χ3v) is 3.20. The Hall–Kier alpha value is -1.59. The summed E-state index contributed by atoms with van der Waals surface area (Å²) >= 11 is 0. The second-order valence-corrected chi connectivity index (χ2v) is 6.42. The second kappa shape index (κ2) is 6.72. The quantitative estimate of drug-likeness (QED) is 0.788. The molecule has 1 heterocycles. The van der Waals surface area contributed by atoms with Crippen molar-refractivity contribution in [3.63, 3.8) is 0 Å². The summed E-state index contributed by atoms with van der Waals surface area (Å²) in [5.41, 5.74) is -0.107. The average molecular weight is 284 g/mol. The molecule has 0 aliphatic carbocycles.